The van der Waals surface area contributed by atoms with Gasteiger partial charge >= 0.3 is 0 Å². The van der Waals surface area contributed by atoms with Gasteiger partial charge in [-0.05, 0) is 18.2 Å². The molecule has 0 fully saturated rings. The van der Waals surface area contributed by atoms with Gasteiger partial charge in [-0.25, -0.2) is 8.78 Å². The Morgan fingerprint density at radius 3 is 2.47 bits per heavy atom. The number of hydrogen-bond donors (Lipinski definition) is 2. The average molecular weight is 329 g/mol. The molecule has 100 valence electrons. The smallest absolute Gasteiger partial charge is 0.167 e. The van der Waals surface area contributed by atoms with Gasteiger partial charge in [0.2, 0.25) is 0 Å². The number of ether oxygens (including phenoxy) is 1. The minimum Gasteiger partial charge on any atom is -0.494 e. The maximum Gasteiger partial charge on any atom is 0.167 e. The van der Waals surface area contributed by atoms with Crippen LogP contribution in [0.4, 0.5) is 25.8 Å². The highest BCUT2D eigenvalue weighted by atomic mass is 79.9. The van der Waals surface area contributed by atoms with Crippen LogP contribution >= 0.6 is 15.9 Å². The Bertz CT molecular complexity index is 620. The van der Waals surface area contributed by atoms with Gasteiger partial charge in [-0.3, -0.25) is 0 Å². The molecule has 19 heavy (non-hydrogen) atoms. The molecule has 0 aliphatic heterocycles. The van der Waals surface area contributed by atoms with Crippen LogP contribution in [0.2, 0.25) is 0 Å². The van der Waals surface area contributed by atoms with Gasteiger partial charge in [0.1, 0.15) is 5.82 Å². The second-order valence-electron chi connectivity index (χ2n) is 3.82. The molecule has 0 unspecified atom stereocenters. The first-order chi connectivity index (χ1) is 9.01. The van der Waals surface area contributed by atoms with E-state index in [4.69, 9.17) is 10.5 Å². The third kappa shape index (κ3) is 2.96. The van der Waals surface area contributed by atoms with Gasteiger partial charge in [-0.15, -0.1) is 0 Å². The molecule has 2 aromatic carbocycles. The number of rotatable bonds is 3. The monoisotopic (exact) mass is 328 g/mol. The van der Waals surface area contributed by atoms with E-state index in [0.29, 0.717) is 10.2 Å². The Labute approximate surface area is 117 Å². The van der Waals surface area contributed by atoms with Crippen LogP contribution < -0.4 is 15.8 Å². The first-order valence-corrected chi connectivity index (χ1v) is 6.15. The quantitative estimate of drug-likeness (QED) is 0.835. The van der Waals surface area contributed by atoms with E-state index in [1.54, 1.807) is 12.1 Å². The minimum atomic E-state index is -0.568. The van der Waals surface area contributed by atoms with Gasteiger partial charge in [0.25, 0.3) is 0 Å². The van der Waals surface area contributed by atoms with Crippen LogP contribution in [-0.2, 0) is 0 Å². The minimum absolute atomic E-state index is 0.0363. The number of methoxy groups -OCH3 is 1. The van der Waals surface area contributed by atoms with E-state index < -0.39 is 11.6 Å². The van der Waals surface area contributed by atoms with Crippen molar-refractivity contribution in [2.75, 3.05) is 18.2 Å². The standard InChI is InChI=1S/C13H11BrF2N2O/c1-19-13-6-12(10(17)5-9(13)16)18-11-3-2-7(14)4-8(11)15/h2-6,18H,17H2,1H3. The first-order valence-electron chi connectivity index (χ1n) is 5.36. The molecule has 0 aliphatic carbocycles. The van der Waals surface area contributed by atoms with Crippen LogP contribution in [0, 0.1) is 11.6 Å². The Hall–Kier alpha value is -1.82. The van der Waals surface area contributed by atoms with E-state index in [1.165, 1.54) is 19.2 Å². The molecule has 0 saturated carbocycles. The molecule has 0 aliphatic rings. The fourth-order valence-corrected chi connectivity index (χ4v) is 1.90. The van der Waals surface area contributed by atoms with Crippen LogP contribution in [-0.4, -0.2) is 7.11 Å². The van der Waals surface area contributed by atoms with Crippen LogP contribution in [0.1, 0.15) is 0 Å². The molecule has 2 rings (SSSR count). The van der Waals surface area contributed by atoms with E-state index in [-0.39, 0.29) is 17.1 Å². The number of nitrogen functional groups attached to an aromatic ring is 1. The molecule has 3 N–H and O–H groups in total. The van der Waals surface area contributed by atoms with Crippen LogP contribution in [0.5, 0.6) is 5.75 Å². The third-order valence-corrected chi connectivity index (χ3v) is 3.02. The van der Waals surface area contributed by atoms with E-state index >= 15 is 0 Å². The van der Waals surface area contributed by atoms with Crippen molar-refractivity contribution in [1.82, 2.24) is 0 Å². The lowest BCUT2D eigenvalue weighted by molar-refractivity contribution is 0.387. The molecule has 3 nitrogen and oxygen atoms in total. The summed E-state index contributed by atoms with van der Waals surface area (Å²) in [5.74, 6) is -0.979. The van der Waals surface area contributed by atoms with Crippen molar-refractivity contribution in [2.24, 2.45) is 0 Å². The fraction of sp³-hybridized carbons (Fsp3) is 0.0769. The number of halogens is 3. The second kappa shape index (κ2) is 5.44. The average Bonchev–Trinajstić information content (AvgIpc) is 2.35. The summed E-state index contributed by atoms with van der Waals surface area (Å²) in [6.07, 6.45) is 0. The fourth-order valence-electron chi connectivity index (χ4n) is 1.57. The van der Waals surface area contributed by atoms with Crippen LogP contribution in [0.3, 0.4) is 0 Å². The zero-order valence-electron chi connectivity index (χ0n) is 10.0. The van der Waals surface area contributed by atoms with Gasteiger partial charge in [0.15, 0.2) is 11.6 Å². The molecule has 0 saturated heterocycles. The SMILES string of the molecule is COc1cc(Nc2ccc(Br)cc2F)c(N)cc1F. The summed E-state index contributed by atoms with van der Waals surface area (Å²) in [5, 5.41) is 2.80. The number of nitrogens with one attached hydrogen (secondary N) is 1. The molecule has 0 amide bonds. The molecule has 6 heteroatoms. The summed E-state index contributed by atoms with van der Waals surface area (Å²) < 4.78 is 32.6. The number of nitrogens with two attached hydrogens (primary N) is 1. The zero-order valence-corrected chi connectivity index (χ0v) is 11.6. The Kier molecular flexibility index (Phi) is 3.90. The Morgan fingerprint density at radius 1 is 1.11 bits per heavy atom. The molecular weight excluding hydrogens is 318 g/mol. The molecule has 2 aromatic rings. The zero-order chi connectivity index (χ0) is 14.0. The number of hydrogen-bond acceptors (Lipinski definition) is 3. The topological polar surface area (TPSA) is 47.3 Å². The summed E-state index contributed by atoms with van der Waals surface area (Å²) >= 11 is 3.17. The predicted octanol–water partition coefficient (Wildman–Crippen LogP) is 4.06. The first kappa shape index (κ1) is 13.6. The summed E-state index contributed by atoms with van der Waals surface area (Å²) in [4.78, 5) is 0. The molecule has 0 aromatic heterocycles. The number of anilines is 3. The Balaban J connectivity index is 2.37. The summed E-state index contributed by atoms with van der Waals surface area (Å²) in [5.41, 5.74) is 6.46. The highest BCUT2D eigenvalue weighted by molar-refractivity contribution is 9.10. The maximum absolute atomic E-state index is 13.7. The molecular formula is C13H11BrF2N2O. The van der Waals surface area contributed by atoms with Crippen molar-refractivity contribution in [3.8, 4) is 5.75 Å². The normalized spacial score (nSPS) is 10.3. The second-order valence-corrected chi connectivity index (χ2v) is 4.74. The van der Waals surface area contributed by atoms with Crippen molar-refractivity contribution in [3.63, 3.8) is 0 Å². The molecule has 0 radical (unpaired) electrons. The van der Waals surface area contributed by atoms with E-state index in [0.717, 1.165) is 6.07 Å². The molecule has 0 spiro atoms. The lowest BCUT2D eigenvalue weighted by atomic mass is 10.2. The summed E-state index contributed by atoms with van der Waals surface area (Å²) in [6.45, 7) is 0. The Morgan fingerprint density at radius 2 is 1.84 bits per heavy atom. The van der Waals surface area contributed by atoms with Crippen molar-refractivity contribution >= 4 is 33.0 Å². The van der Waals surface area contributed by atoms with Gasteiger partial charge in [-0.1, -0.05) is 15.9 Å². The van der Waals surface area contributed by atoms with Crippen molar-refractivity contribution in [1.29, 1.82) is 0 Å². The van der Waals surface area contributed by atoms with Crippen LogP contribution in [0.25, 0.3) is 0 Å². The van der Waals surface area contributed by atoms with Gasteiger partial charge in [-0.2, -0.15) is 0 Å². The van der Waals surface area contributed by atoms with E-state index in [9.17, 15) is 8.78 Å². The number of benzene rings is 2. The van der Waals surface area contributed by atoms with E-state index in [1.807, 2.05) is 0 Å². The lowest BCUT2D eigenvalue weighted by Gasteiger charge is -2.12. The van der Waals surface area contributed by atoms with Crippen molar-refractivity contribution in [3.05, 3.63) is 46.4 Å². The molecule has 0 atom stereocenters. The van der Waals surface area contributed by atoms with Crippen molar-refractivity contribution < 1.29 is 13.5 Å². The summed E-state index contributed by atoms with van der Waals surface area (Å²) in [7, 11) is 1.35. The van der Waals surface area contributed by atoms with Crippen molar-refractivity contribution in [2.45, 2.75) is 0 Å². The van der Waals surface area contributed by atoms with Gasteiger partial charge in [0, 0.05) is 16.6 Å². The highest BCUT2D eigenvalue weighted by Crippen LogP contribution is 2.31. The predicted molar refractivity (Wildman–Crippen MR) is 74.7 cm³/mol. The van der Waals surface area contributed by atoms with Gasteiger partial charge < -0.3 is 15.8 Å². The highest BCUT2D eigenvalue weighted by Gasteiger charge is 2.10. The van der Waals surface area contributed by atoms with Crippen LogP contribution in [0.15, 0.2) is 34.8 Å². The lowest BCUT2D eigenvalue weighted by Crippen LogP contribution is -2.00. The largest absolute Gasteiger partial charge is 0.494 e. The third-order valence-electron chi connectivity index (χ3n) is 2.52. The van der Waals surface area contributed by atoms with E-state index in [2.05, 4.69) is 21.2 Å². The molecule has 0 bridgehead atoms. The summed E-state index contributed by atoms with van der Waals surface area (Å²) in [6, 6.07) is 7.06. The maximum atomic E-state index is 13.7. The van der Waals surface area contributed by atoms with Gasteiger partial charge in [0.05, 0.1) is 24.2 Å². The molecule has 0 heterocycles.